The Morgan fingerprint density at radius 2 is 1.81 bits per heavy atom. The Balaban J connectivity index is 1.47. The second-order valence-corrected chi connectivity index (χ2v) is 8.37. The second-order valence-electron chi connectivity index (χ2n) is 8.37. The number of esters is 1. The van der Waals surface area contributed by atoms with E-state index in [0.29, 0.717) is 31.3 Å². The summed E-state index contributed by atoms with van der Waals surface area (Å²) in [5.41, 5.74) is -0.546. The quantitative estimate of drug-likeness (QED) is 0.440. The molecule has 3 aliphatic rings. The molecule has 0 aromatic rings. The molecule has 2 heterocycles. The maximum atomic E-state index is 12.1. The zero-order valence-electron chi connectivity index (χ0n) is 15.6. The van der Waals surface area contributed by atoms with Gasteiger partial charge in [0.25, 0.3) is 0 Å². The number of ether oxygens (including phenoxy) is 1. The van der Waals surface area contributed by atoms with E-state index >= 15 is 0 Å². The van der Waals surface area contributed by atoms with Crippen molar-refractivity contribution in [1.29, 1.82) is 0 Å². The maximum absolute atomic E-state index is 12.1. The second kappa shape index (κ2) is 8.40. The summed E-state index contributed by atoms with van der Waals surface area (Å²) in [5, 5.41) is 9.01. The number of unbranched alkanes of at least 4 members (excludes halogenated alkanes) is 1. The summed E-state index contributed by atoms with van der Waals surface area (Å²) in [6.07, 6.45) is 9.78. The molecule has 0 aromatic carbocycles. The predicted molar refractivity (Wildman–Crippen MR) is 95.8 cm³/mol. The van der Waals surface area contributed by atoms with E-state index in [1.807, 2.05) is 0 Å². The van der Waals surface area contributed by atoms with E-state index in [0.717, 1.165) is 51.4 Å². The smallest absolute Gasteiger partial charge is 0.407 e. The highest BCUT2D eigenvalue weighted by atomic mass is 16.6. The summed E-state index contributed by atoms with van der Waals surface area (Å²) < 4.78 is 5.83. The van der Waals surface area contributed by atoms with Gasteiger partial charge in [-0.05, 0) is 50.4 Å². The number of hydrogen-bond acceptors (Lipinski definition) is 4. The highest BCUT2D eigenvalue weighted by molar-refractivity contribution is 5.98. The van der Waals surface area contributed by atoms with Gasteiger partial charge in [-0.15, -0.1) is 0 Å². The highest BCUT2D eigenvalue weighted by Gasteiger charge is 2.47. The Labute approximate surface area is 155 Å². The molecule has 6 nitrogen and oxygen atoms in total. The van der Waals surface area contributed by atoms with Crippen LogP contribution in [0.25, 0.3) is 0 Å². The largest absolute Gasteiger partial charge is 0.465 e. The van der Waals surface area contributed by atoms with Gasteiger partial charge in [0.05, 0.1) is 0 Å². The molecule has 1 unspecified atom stereocenters. The van der Waals surface area contributed by atoms with Crippen LogP contribution in [0.1, 0.15) is 77.0 Å². The van der Waals surface area contributed by atoms with E-state index in [1.54, 1.807) is 0 Å². The fourth-order valence-corrected chi connectivity index (χ4v) is 5.15. The number of Topliss-reactive ketones (excluding diaryl/α,β-unsaturated/α-hetero) is 1. The molecule has 3 fully saturated rings. The fraction of sp³-hybridized carbons (Fsp3) is 0.850. The lowest BCUT2D eigenvalue weighted by atomic mass is 9.76. The number of carbonyl (C=O) groups is 3. The average Bonchev–Trinajstić information content (AvgIpc) is 3.14. The summed E-state index contributed by atoms with van der Waals surface area (Å²) in [6.45, 7) is 1.27. The van der Waals surface area contributed by atoms with E-state index < -0.39 is 11.7 Å². The highest BCUT2D eigenvalue weighted by Crippen LogP contribution is 2.44. The summed E-state index contributed by atoms with van der Waals surface area (Å²) >= 11 is 0. The summed E-state index contributed by atoms with van der Waals surface area (Å²) in [7, 11) is 0. The van der Waals surface area contributed by atoms with Gasteiger partial charge in [-0.1, -0.05) is 25.7 Å². The van der Waals surface area contributed by atoms with Crippen LogP contribution in [0.5, 0.6) is 0 Å². The van der Waals surface area contributed by atoms with Crippen LogP contribution in [-0.4, -0.2) is 46.5 Å². The number of ketones is 1. The van der Waals surface area contributed by atoms with E-state index in [-0.39, 0.29) is 18.2 Å². The number of hydrogen-bond donors (Lipinski definition) is 1. The Morgan fingerprint density at radius 3 is 2.42 bits per heavy atom. The van der Waals surface area contributed by atoms with Gasteiger partial charge in [-0.2, -0.15) is 0 Å². The lowest BCUT2D eigenvalue weighted by Gasteiger charge is -2.41. The molecule has 1 aliphatic carbocycles. The minimum absolute atomic E-state index is 0.0363. The SMILES string of the molecule is O=C1CC(=O)OC(CCCCC2CCN(C(=O)O)CC2)(C2CCCC2)C1. The van der Waals surface area contributed by atoms with E-state index in [4.69, 9.17) is 9.84 Å². The van der Waals surface area contributed by atoms with Crippen LogP contribution in [0.4, 0.5) is 4.79 Å². The summed E-state index contributed by atoms with van der Waals surface area (Å²) in [5.74, 6) is 0.626. The standard InChI is InChI=1S/C20H31NO5/c22-17-13-18(23)26-20(14-17,16-6-1-2-7-16)10-4-3-5-15-8-11-21(12-9-15)19(24)25/h15-16H,1-14H2,(H,24,25). The molecule has 0 bridgehead atoms. The van der Waals surface area contributed by atoms with Crippen molar-refractivity contribution < 1.29 is 24.2 Å². The third-order valence-electron chi connectivity index (χ3n) is 6.60. The van der Waals surface area contributed by atoms with Crippen LogP contribution in [0.3, 0.4) is 0 Å². The molecule has 1 saturated carbocycles. The molecule has 1 amide bonds. The Bertz CT molecular complexity index is 516. The molecule has 2 saturated heterocycles. The van der Waals surface area contributed by atoms with Gasteiger partial charge in [0.15, 0.2) is 0 Å². The Morgan fingerprint density at radius 1 is 1.12 bits per heavy atom. The monoisotopic (exact) mass is 365 g/mol. The van der Waals surface area contributed by atoms with Crippen molar-refractivity contribution in [3.05, 3.63) is 0 Å². The first-order chi connectivity index (χ1) is 12.5. The zero-order valence-corrected chi connectivity index (χ0v) is 15.6. The van der Waals surface area contributed by atoms with Crippen LogP contribution in [0.15, 0.2) is 0 Å². The van der Waals surface area contributed by atoms with Crippen LogP contribution >= 0.6 is 0 Å². The number of cyclic esters (lactones) is 1. The van der Waals surface area contributed by atoms with Crippen molar-refractivity contribution in [3.8, 4) is 0 Å². The number of amides is 1. The molecular weight excluding hydrogens is 334 g/mol. The predicted octanol–water partition coefficient (Wildman–Crippen LogP) is 3.77. The van der Waals surface area contributed by atoms with Gasteiger partial charge >= 0.3 is 12.1 Å². The van der Waals surface area contributed by atoms with E-state index in [2.05, 4.69) is 0 Å². The average molecular weight is 365 g/mol. The molecule has 146 valence electrons. The number of piperidine rings is 1. The van der Waals surface area contributed by atoms with Crippen molar-refractivity contribution >= 4 is 17.8 Å². The number of likely N-dealkylation sites (tertiary alicyclic amines) is 1. The number of carboxylic acid groups (broad SMARTS) is 1. The number of nitrogens with zero attached hydrogens (tertiary/aromatic N) is 1. The molecule has 26 heavy (non-hydrogen) atoms. The van der Waals surface area contributed by atoms with Crippen molar-refractivity contribution in [2.24, 2.45) is 11.8 Å². The van der Waals surface area contributed by atoms with Gasteiger partial charge in [-0.3, -0.25) is 9.59 Å². The molecule has 6 heteroatoms. The summed E-state index contributed by atoms with van der Waals surface area (Å²) in [6, 6.07) is 0. The van der Waals surface area contributed by atoms with Gasteiger partial charge in [-0.25, -0.2) is 4.79 Å². The lowest BCUT2D eigenvalue weighted by Crippen LogP contribution is -2.47. The third-order valence-corrected chi connectivity index (χ3v) is 6.60. The fourth-order valence-electron chi connectivity index (χ4n) is 5.15. The van der Waals surface area contributed by atoms with Crippen LogP contribution < -0.4 is 0 Å². The van der Waals surface area contributed by atoms with Gasteiger partial charge < -0.3 is 14.7 Å². The zero-order chi connectivity index (χ0) is 18.6. The molecule has 0 spiro atoms. The minimum Gasteiger partial charge on any atom is -0.465 e. The number of carbonyl (C=O) groups excluding carboxylic acids is 2. The molecule has 1 atom stereocenters. The topological polar surface area (TPSA) is 83.9 Å². The first-order valence-corrected chi connectivity index (χ1v) is 10.2. The van der Waals surface area contributed by atoms with Gasteiger partial charge in [0, 0.05) is 19.5 Å². The lowest BCUT2D eigenvalue weighted by molar-refractivity contribution is -0.178. The van der Waals surface area contributed by atoms with Crippen molar-refractivity contribution in [2.45, 2.75) is 82.7 Å². The summed E-state index contributed by atoms with van der Waals surface area (Å²) in [4.78, 5) is 36.4. The van der Waals surface area contributed by atoms with E-state index in [1.165, 1.54) is 17.7 Å². The number of rotatable bonds is 6. The van der Waals surface area contributed by atoms with Crippen molar-refractivity contribution in [2.75, 3.05) is 13.1 Å². The van der Waals surface area contributed by atoms with Crippen LogP contribution in [-0.2, 0) is 14.3 Å². The molecular formula is C20H31NO5. The van der Waals surface area contributed by atoms with Crippen LogP contribution in [0, 0.1) is 11.8 Å². The molecule has 0 radical (unpaired) electrons. The van der Waals surface area contributed by atoms with Crippen molar-refractivity contribution in [1.82, 2.24) is 4.90 Å². The van der Waals surface area contributed by atoms with Crippen LogP contribution in [0.2, 0.25) is 0 Å². The molecule has 1 N–H and O–H groups in total. The minimum atomic E-state index is -0.814. The molecule has 3 rings (SSSR count). The first kappa shape index (κ1) is 19.2. The molecule has 2 aliphatic heterocycles. The van der Waals surface area contributed by atoms with Crippen molar-refractivity contribution in [3.63, 3.8) is 0 Å². The molecule has 0 aromatic heterocycles. The maximum Gasteiger partial charge on any atom is 0.407 e. The third kappa shape index (κ3) is 4.57. The first-order valence-electron chi connectivity index (χ1n) is 10.2. The van der Waals surface area contributed by atoms with Gasteiger partial charge in [0.2, 0.25) is 0 Å². The normalized spacial score (nSPS) is 28.4. The van der Waals surface area contributed by atoms with E-state index in [9.17, 15) is 14.4 Å². The van der Waals surface area contributed by atoms with Gasteiger partial charge in [0.1, 0.15) is 17.8 Å². The Hall–Kier alpha value is -1.59. The Kier molecular flexibility index (Phi) is 6.20.